The van der Waals surface area contributed by atoms with Crippen molar-refractivity contribution in [3.8, 4) is 0 Å². The van der Waals surface area contributed by atoms with Crippen molar-refractivity contribution in [1.29, 1.82) is 0 Å². The zero-order valence-electron chi connectivity index (χ0n) is 83.7. The van der Waals surface area contributed by atoms with Crippen LogP contribution in [0.1, 0.15) is 347 Å². The molecule has 3 N–H and O–H groups in total. The number of carbonyl (C=O) groups is 17. The van der Waals surface area contributed by atoms with Gasteiger partial charge in [-0.05, 0) is 205 Å². The van der Waals surface area contributed by atoms with E-state index in [9.17, 15) is 81.5 Å². The van der Waals surface area contributed by atoms with Gasteiger partial charge in [0.25, 0.3) is 0 Å². The van der Waals surface area contributed by atoms with E-state index in [0.29, 0.717) is 97.0 Å². The molecule has 7 rings (SSSR count). The third kappa shape index (κ3) is 67.1. The summed E-state index contributed by atoms with van der Waals surface area (Å²) in [5.74, 6) is -3.62. The highest BCUT2D eigenvalue weighted by Gasteiger charge is 2.24. The Hall–Kier alpha value is -10.3. The normalized spacial score (nSPS) is 16.3. The average molecular weight is 1950 g/mol. The molecule has 0 saturated carbocycles. The summed E-state index contributed by atoms with van der Waals surface area (Å²) in [5.41, 5.74) is 0. The third-order valence-corrected chi connectivity index (χ3v) is 24.6. The van der Waals surface area contributed by atoms with E-state index in [1.807, 2.05) is 34.3 Å². The lowest BCUT2D eigenvalue weighted by Crippen LogP contribution is -2.31. The molecule has 34 heteroatoms. The largest absolute Gasteiger partial charge is 0.478 e. The Bertz CT molecular complexity index is 3560. The second-order valence-electron chi connectivity index (χ2n) is 36.0. The molecule has 780 valence electrons. The highest BCUT2D eigenvalue weighted by atomic mass is 16.6. The number of amides is 9. The Labute approximate surface area is 821 Å². The number of unbranched alkanes of at least 4 members (excludes halogenated alkanes) is 21. The lowest BCUT2D eigenvalue weighted by molar-refractivity contribution is -0.140. The van der Waals surface area contributed by atoms with Gasteiger partial charge in [-0.3, -0.25) is 43.2 Å². The predicted octanol–water partition coefficient (Wildman–Crippen LogP) is 14.1. The lowest BCUT2D eigenvalue weighted by Gasteiger charge is -2.20. The smallest absolute Gasteiger partial charge is 0.331 e. The van der Waals surface area contributed by atoms with Gasteiger partial charge in [-0.15, -0.1) is 0 Å². The van der Waals surface area contributed by atoms with Crippen molar-refractivity contribution in [3.63, 3.8) is 0 Å². The summed E-state index contributed by atoms with van der Waals surface area (Å²) >= 11 is 0. The topological polar surface area (TPSA) is 422 Å². The fourth-order valence-electron chi connectivity index (χ4n) is 16.4. The van der Waals surface area contributed by atoms with Gasteiger partial charge in [-0.25, -0.2) is 38.4 Å². The van der Waals surface area contributed by atoms with Gasteiger partial charge in [0.05, 0.1) is 47.3 Å². The molecule has 7 fully saturated rings. The van der Waals surface area contributed by atoms with Gasteiger partial charge in [-0.2, -0.15) is 0 Å². The minimum absolute atomic E-state index is 0.261. The SMILES string of the molecule is COC(=O)C=CC(=O)NCCCCCCN1CCCCCC1=O.COC(=O)C=CC(=O)OCCCCCCN1CCCCCC1=O.O=C(C=CC(=O)OCCCCCCN1CCCC1=O)OCCCCCCN1CCCCCC1=O.O=C(C=CC(=O)OCCCCCCN1CCCCCC1=O)OCCCCCCN1CCCCCC1=O.O=C(O)C=CC(=O)NCCCCCCN1CCCCCC1=O. The number of ether oxygens (including phenoxy) is 7. The van der Waals surface area contributed by atoms with Crippen LogP contribution in [0.4, 0.5) is 0 Å². The number of hydrogen-bond donors (Lipinski definition) is 3. The van der Waals surface area contributed by atoms with Crippen LogP contribution in [0.15, 0.2) is 60.8 Å². The minimum atomic E-state index is -1.13. The molecule has 0 aromatic carbocycles. The highest BCUT2D eigenvalue weighted by molar-refractivity contribution is 5.96. The summed E-state index contributed by atoms with van der Waals surface area (Å²) in [7, 11) is 2.51. The highest BCUT2D eigenvalue weighted by Crippen LogP contribution is 2.21. The van der Waals surface area contributed by atoms with Crippen molar-refractivity contribution < 1.29 is 120 Å². The van der Waals surface area contributed by atoms with Crippen molar-refractivity contribution in [3.05, 3.63) is 60.8 Å². The first-order valence-electron chi connectivity index (χ1n) is 52.1. The molecule has 34 nitrogen and oxygen atoms in total. The maximum atomic E-state index is 12.0. The number of rotatable bonds is 59. The molecular weight excluding hydrogens is 1780 g/mol. The van der Waals surface area contributed by atoms with Gasteiger partial charge < -0.3 is 83.2 Å². The van der Waals surface area contributed by atoms with E-state index in [0.717, 1.165) is 448 Å². The molecular formula is C104H169N9O25. The molecule has 0 atom stereocenters. The summed E-state index contributed by atoms with van der Waals surface area (Å²) in [6.45, 7) is 14.8. The van der Waals surface area contributed by atoms with Gasteiger partial charge in [0.1, 0.15) is 0 Å². The third-order valence-electron chi connectivity index (χ3n) is 24.6. The predicted molar refractivity (Wildman–Crippen MR) is 524 cm³/mol. The number of methoxy groups -OCH3 is 2. The number of hydrogen-bond acceptors (Lipinski definition) is 24. The molecule has 0 spiro atoms. The van der Waals surface area contributed by atoms with Crippen LogP contribution in [0.2, 0.25) is 0 Å². The fourth-order valence-corrected chi connectivity index (χ4v) is 16.4. The second-order valence-corrected chi connectivity index (χ2v) is 36.0. The Morgan fingerprint density at radius 1 is 0.225 bits per heavy atom. The first-order valence-corrected chi connectivity index (χ1v) is 52.1. The summed E-state index contributed by atoms with van der Waals surface area (Å²) in [6.07, 6.45) is 62.4. The summed E-state index contributed by atoms with van der Waals surface area (Å²) in [4.78, 5) is 209. The number of carboxylic acids is 1. The number of likely N-dealkylation sites (tertiary alicyclic amines) is 7. The zero-order chi connectivity index (χ0) is 100. The van der Waals surface area contributed by atoms with E-state index in [4.69, 9.17) is 28.8 Å². The Morgan fingerprint density at radius 2 is 0.406 bits per heavy atom. The van der Waals surface area contributed by atoms with Crippen LogP contribution in [0.5, 0.6) is 0 Å². The summed E-state index contributed by atoms with van der Waals surface area (Å²) < 4.78 is 34.2. The van der Waals surface area contributed by atoms with Crippen molar-refractivity contribution in [2.75, 3.05) is 152 Å². The van der Waals surface area contributed by atoms with Crippen molar-refractivity contribution in [2.45, 2.75) is 347 Å². The number of carbonyl (C=O) groups excluding carboxylic acids is 16. The fraction of sp³-hybridized carbons (Fsp3) is 0.740. The van der Waals surface area contributed by atoms with Crippen LogP contribution in [0.3, 0.4) is 0 Å². The second kappa shape index (κ2) is 82.6. The van der Waals surface area contributed by atoms with Gasteiger partial charge >= 0.3 is 47.8 Å². The standard InChI is InChI=1S/C28H46N2O6.C26H42N2O6.C17H28N2O4.C17H27NO5.C16H26N2O4/c31-25-15-7-5-11-21-29(25)19-9-1-3-13-23-35-27(33)17-18-28(34)36-24-14-4-2-10-20-30-22-12-6-8-16-26(30)32;29-23-13-6-5-9-19-27(23)17-7-1-3-10-21-33-25(31)15-16-26(32)34-22-11-4-2-8-18-28-20-12-14-24(28)30;1-23-17(22)11-10-15(20)18-12-6-2-3-7-13-19-14-8-4-5-9-16(19)21;1-22-16(20)10-11-17(21)23-14-8-3-2-6-12-18-13-7-4-5-9-15(18)19;19-14(9-10-16(21)22)17-11-5-1-2-6-12-18-13-7-3-4-8-15(18)20/h17-18H,1-16,19-24H2;15-16H,1-14,17-22H2;10-11H,2-9,12-14H2,1H3,(H,18,20);10-11H,2-9,12-14H2,1H3;9-10H,1-8,11-13H2,(H,17,19)(H,21,22). The van der Waals surface area contributed by atoms with Crippen LogP contribution < -0.4 is 10.6 Å². The van der Waals surface area contributed by atoms with Crippen LogP contribution in [0.25, 0.3) is 0 Å². The molecule has 7 aliphatic rings. The molecule has 7 aliphatic heterocycles. The molecule has 0 aliphatic carbocycles. The van der Waals surface area contributed by atoms with E-state index in [-0.39, 0.29) is 47.3 Å². The Balaban J connectivity index is 0.000000451. The average Bonchev–Trinajstić information content (AvgIpc) is 1.79. The minimum Gasteiger partial charge on any atom is -0.478 e. The number of carboxylic acid groups (broad SMARTS) is 1. The Kier molecular flexibility index (Phi) is 72.9. The summed E-state index contributed by atoms with van der Waals surface area (Å²) in [6, 6.07) is 0. The maximum Gasteiger partial charge on any atom is 0.331 e. The van der Waals surface area contributed by atoms with Gasteiger partial charge in [-0.1, -0.05) is 96.3 Å². The van der Waals surface area contributed by atoms with Crippen molar-refractivity contribution >= 4 is 101 Å². The molecule has 0 aromatic heterocycles. The van der Waals surface area contributed by atoms with Gasteiger partial charge in [0.15, 0.2) is 0 Å². The first-order chi connectivity index (χ1) is 67.0. The summed E-state index contributed by atoms with van der Waals surface area (Å²) in [5, 5.41) is 13.7. The molecule has 0 aromatic rings. The van der Waals surface area contributed by atoms with E-state index in [1.54, 1.807) is 0 Å². The van der Waals surface area contributed by atoms with E-state index < -0.39 is 47.8 Å². The van der Waals surface area contributed by atoms with Crippen LogP contribution in [-0.4, -0.2) is 292 Å². The maximum absolute atomic E-state index is 12.0. The molecule has 0 bridgehead atoms. The van der Waals surface area contributed by atoms with E-state index >= 15 is 0 Å². The number of nitrogens with zero attached hydrogens (tertiary/aromatic N) is 7. The van der Waals surface area contributed by atoms with Crippen LogP contribution in [0, 0.1) is 0 Å². The number of esters is 7. The molecule has 7 saturated heterocycles. The quantitative estimate of drug-likeness (QED) is 0.0220. The van der Waals surface area contributed by atoms with Crippen LogP contribution in [-0.2, 0) is 115 Å². The molecule has 0 unspecified atom stereocenters. The molecule has 138 heavy (non-hydrogen) atoms. The zero-order valence-corrected chi connectivity index (χ0v) is 83.7. The Morgan fingerprint density at radius 3 is 0.609 bits per heavy atom. The van der Waals surface area contributed by atoms with Gasteiger partial charge in [0.2, 0.25) is 53.2 Å². The monoisotopic (exact) mass is 1940 g/mol. The lowest BCUT2D eigenvalue weighted by atomic mass is 10.2. The van der Waals surface area contributed by atoms with Crippen LogP contribution >= 0.6 is 0 Å². The van der Waals surface area contributed by atoms with Gasteiger partial charge in [0, 0.05) is 210 Å². The molecule has 9 amide bonds. The van der Waals surface area contributed by atoms with E-state index in [1.165, 1.54) is 20.3 Å². The molecule has 0 radical (unpaired) electrons. The van der Waals surface area contributed by atoms with E-state index in [2.05, 4.69) is 20.1 Å². The van der Waals surface area contributed by atoms with Crippen molar-refractivity contribution in [2.24, 2.45) is 0 Å². The first kappa shape index (κ1) is 122. The number of aliphatic carboxylic acids is 1. The molecule has 7 heterocycles. The van der Waals surface area contributed by atoms with Crippen molar-refractivity contribution in [1.82, 2.24) is 44.9 Å². The number of nitrogens with one attached hydrogen (secondary N) is 2.